The molecule has 0 atom stereocenters. The monoisotopic (exact) mass is 387 g/mol. The number of nitrogens with zero attached hydrogens (tertiary/aromatic N) is 4. The van der Waals surface area contributed by atoms with Crippen LogP contribution in [0, 0.1) is 0 Å². The fraction of sp³-hybridized carbons (Fsp3) is 0.158. The van der Waals surface area contributed by atoms with Crippen LogP contribution in [0.1, 0.15) is 0 Å². The summed E-state index contributed by atoms with van der Waals surface area (Å²) in [5.41, 5.74) is 3.27. The van der Waals surface area contributed by atoms with E-state index in [4.69, 9.17) is 0 Å². The van der Waals surface area contributed by atoms with E-state index < -0.39 is 6.36 Å². The predicted molar refractivity (Wildman–Crippen MR) is 99.3 cm³/mol. The van der Waals surface area contributed by atoms with Crippen LogP contribution in [-0.2, 0) is 14.1 Å². The fourth-order valence-electron chi connectivity index (χ4n) is 3.10. The van der Waals surface area contributed by atoms with Gasteiger partial charge in [0, 0.05) is 49.2 Å². The molecule has 144 valence electrons. The minimum absolute atomic E-state index is 0.297. The van der Waals surface area contributed by atoms with E-state index >= 15 is 0 Å². The van der Waals surface area contributed by atoms with Gasteiger partial charge in [0.25, 0.3) is 0 Å². The number of aryl methyl sites for hydroxylation is 2. The van der Waals surface area contributed by atoms with E-state index in [2.05, 4.69) is 20.1 Å². The Labute approximate surface area is 158 Å². The van der Waals surface area contributed by atoms with Gasteiger partial charge in [0.1, 0.15) is 11.6 Å². The lowest BCUT2D eigenvalue weighted by Gasteiger charge is -2.11. The zero-order valence-electron chi connectivity index (χ0n) is 15.0. The first kappa shape index (κ1) is 17.9. The summed E-state index contributed by atoms with van der Waals surface area (Å²) in [4.78, 5) is 4.35. The molecule has 0 amide bonds. The highest BCUT2D eigenvalue weighted by Crippen LogP contribution is 2.32. The van der Waals surface area contributed by atoms with Crippen LogP contribution in [0.5, 0.6) is 5.75 Å². The van der Waals surface area contributed by atoms with E-state index in [1.54, 1.807) is 23.1 Å². The van der Waals surface area contributed by atoms with Gasteiger partial charge >= 0.3 is 6.36 Å². The molecule has 1 N–H and O–H groups in total. The van der Waals surface area contributed by atoms with Gasteiger partial charge in [-0.05, 0) is 24.3 Å². The summed E-state index contributed by atoms with van der Waals surface area (Å²) < 4.78 is 45.1. The standard InChI is InChI=1S/C19H16F3N5O/c1-26-11-12(10-24-26)17-9-15-16(27(17)2)6-7-23-18(15)25-13-4-3-5-14(8-13)28-19(20,21)22/h3-11H,1-2H3,(H,23,25). The number of anilines is 2. The van der Waals surface area contributed by atoms with Crippen LogP contribution in [-0.4, -0.2) is 25.7 Å². The first-order chi connectivity index (χ1) is 13.3. The lowest BCUT2D eigenvalue weighted by molar-refractivity contribution is -0.274. The number of fused-ring (bicyclic) bond motifs is 1. The summed E-state index contributed by atoms with van der Waals surface area (Å²) in [7, 11) is 3.78. The number of ether oxygens (including phenoxy) is 1. The SMILES string of the molecule is Cn1cc(-c2cc3c(Nc4cccc(OC(F)(F)F)c4)nccc3n2C)cn1. The molecule has 6 nitrogen and oxygen atoms in total. The molecule has 3 aromatic heterocycles. The maximum atomic E-state index is 12.5. The third kappa shape index (κ3) is 3.51. The van der Waals surface area contributed by atoms with Crippen molar-refractivity contribution in [1.82, 2.24) is 19.3 Å². The van der Waals surface area contributed by atoms with Crippen molar-refractivity contribution in [2.45, 2.75) is 6.36 Å². The molecule has 1 aromatic carbocycles. The van der Waals surface area contributed by atoms with E-state index in [9.17, 15) is 13.2 Å². The van der Waals surface area contributed by atoms with Crippen LogP contribution in [0.25, 0.3) is 22.2 Å². The van der Waals surface area contributed by atoms with Crippen LogP contribution in [0.3, 0.4) is 0 Å². The summed E-state index contributed by atoms with van der Waals surface area (Å²) >= 11 is 0. The van der Waals surface area contributed by atoms with Crippen molar-refractivity contribution < 1.29 is 17.9 Å². The van der Waals surface area contributed by atoms with Crippen LogP contribution in [0.15, 0.2) is 55.0 Å². The molecule has 0 fully saturated rings. The molecule has 0 saturated heterocycles. The molecule has 9 heteroatoms. The molecule has 0 aliphatic rings. The molecule has 4 aromatic rings. The third-order valence-electron chi connectivity index (χ3n) is 4.30. The molecule has 28 heavy (non-hydrogen) atoms. The highest BCUT2D eigenvalue weighted by molar-refractivity contribution is 5.95. The van der Waals surface area contributed by atoms with Gasteiger partial charge in [-0.1, -0.05) is 6.07 Å². The Morgan fingerprint density at radius 1 is 1.11 bits per heavy atom. The van der Waals surface area contributed by atoms with Crippen molar-refractivity contribution in [1.29, 1.82) is 0 Å². The van der Waals surface area contributed by atoms with E-state index in [0.717, 1.165) is 22.2 Å². The molecule has 0 bridgehead atoms. The number of halogens is 3. The van der Waals surface area contributed by atoms with Crippen molar-refractivity contribution in [3.63, 3.8) is 0 Å². The largest absolute Gasteiger partial charge is 0.573 e. The predicted octanol–water partition coefficient (Wildman–Crippen LogP) is 4.62. The lowest BCUT2D eigenvalue weighted by Crippen LogP contribution is -2.17. The van der Waals surface area contributed by atoms with Gasteiger partial charge in [-0.3, -0.25) is 4.68 Å². The Morgan fingerprint density at radius 2 is 1.93 bits per heavy atom. The summed E-state index contributed by atoms with van der Waals surface area (Å²) in [5.74, 6) is 0.237. The van der Waals surface area contributed by atoms with Crippen LogP contribution in [0.2, 0.25) is 0 Å². The van der Waals surface area contributed by atoms with E-state index in [1.165, 1.54) is 18.2 Å². The Bertz CT molecular complexity index is 1150. The van der Waals surface area contributed by atoms with Gasteiger partial charge in [-0.25, -0.2) is 4.98 Å². The maximum absolute atomic E-state index is 12.5. The number of aromatic nitrogens is 4. The highest BCUT2D eigenvalue weighted by atomic mass is 19.4. The van der Waals surface area contributed by atoms with Gasteiger partial charge < -0.3 is 14.6 Å². The second kappa shape index (κ2) is 6.59. The van der Waals surface area contributed by atoms with Crippen molar-refractivity contribution >= 4 is 22.4 Å². The fourth-order valence-corrected chi connectivity index (χ4v) is 3.10. The van der Waals surface area contributed by atoms with Crippen molar-refractivity contribution in [3.8, 4) is 17.0 Å². The number of hydrogen-bond acceptors (Lipinski definition) is 4. The van der Waals surface area contributed by atoms with E-state index in [0.29, 0.717) is 11.5 Å². The Balaban J connectivity index is 1.71. The van der Waals surface area contributed by atoms with Gasteiger partial charge in [-0.2, -0.15) is 5.10 Å². The van der Waals surface area contributed by atoms with E-state index in [-0.39, 0.29) is 5.75 Å². The molecule has 3 heterocycles. The van der Waals surface area contributed by atoms with Gasteiger partial charge in [0.2, 0.25) is 0 Å². The van der Waals surface area contributed by atoms with Crippen molar-refractivity contribution in [2.75, 3.05) is 5.32 Å². The molecule has 0 aliphatic carbocycles. The minimum atomic E-state index is -4.74. The topological polar surface area (TPSA) is 56.9 Å². The number of nitrogens with one attached hydrogen (secondary N) is 1. The molecule has 0 aliphatic heterocycles. The summed E-state index contributed by atoms with van der Waals surface area (Å²) in [5, 5.41) is 8.12. The van der Waals surface area contributed by atoms with Crippen LogP contribution >= 0.6 is 0 Å². The first-order valence-electron chi connectivity index (χ1n) is 8.36. The number of benzene rings is 1. The Kier molecular flexibility index (Phi) is 4.21. The van der Waals surface area contributed by atoms with Crippen molar-refractivity contribution in [3.05, 3.63) is 55.0 Å². The number of rotatable bonds is 4. The zero-order chi connectivity index (χ0) is 19.9. The van der Waals surface area contributed by atoms with Gasteiger partial charge in [0.15, 0.2) is 0 Å². The lowest BCUT2D eigenvalue weighted by atomic mass is 10.2. The molecular formula is C19H16F3N5O. The molecule has 4 rings (SSSR count). The average Bonchev–Trinajstić information content (AvgIpc) is 3.18. The quantitative estimate of drug-likeness (QED) is 0.555. The first-order valence-corrected chi connectivity index (χ1v) is 8.36. The minimum Gasteiger partial charge on any atom is -0.406 e. The van der Waals surface area contributed by atoms with Crippen LogP contribution in [0.4, 0.5) is 24.7 Å². The summed E-state index contributed by atoms with van der Waals surface area (Å²) in [6.45, 7) is 0. The molecule has 0 unspecified atom stereocenters. The van der Waals surface area contributed by atoms with E-state index in [1.807, 2.05) is 37.0 Å². The number of alkyl halides is 3. The van der Waals surface area contributed by atoms with Gasteiger partial charge in [0.05, 0.1) is 17.4 Å². The van der Waals surface area contributed by atoms with Gasteiger partial charge in [-0.15, -0.1) is 13.2 Å². The number of pyridine rings is 1. The Morgan fingerprint density at radius 3 is 2.64 bits per heavy atom. The van der Waals surface area contributed by atoms with Crippen LogP contribution < -0.4 is 10.1 Å². The Hall–Kier alpha value is -3.49. The third-order valence-corrected chi connectivity index (χ3v) is 4.30. The second-order valence-electron chi connectivity index (χ2n) is 6.28. The summed E-state index contributed by atoms with van der Waals surface area (Å²) in [6, 6.07) is 9.50. The average molecular weight is 387 g/mol. The molecule has 0 spiro atoms. The highest BCUT2D eigenvalue weighted by Gasteiger charge is 2.31. The zero-order valence-corrected chi connectivity index (χ0v) is 15.0. The molecular weight excluding hydrogens is 371 g/mol. The maximum Gasteiger partial charge on any atom is 0.573 e. The molecule has 0 radical (unpaired) electrons. The smallest absolute Gasteiger partial charge is 0.406 e. The second-order valence-corrected chi connectivity index (χ2v) is 6.28. The molecule has 0 saturated carbocycles. The number of hydrogen-bond donors (Lipinski definition) is 1. The van der Waals surface area contributed by atoms with Crippen molar-refractivity contribution in [2.24, 2.45) is 14.1 Å². The summed E-state index contributed by atoms with van der Waals surface area (Å²) in [6.07, 6.45) is 0.585. The normalized spacial score (nSPS) is 11.8.